The lowest BCUT2D eigenvalue weighted by Gasteiger charge is -2.10. The zero-order valence-electron chi connectivity index (χ0n) is 9.85. The van der Waals surface area contributed by atoms with Gasteiger partial charge in [-0.1, -0.05) is 0 Å². The molecular formula is C11H13NO5. The van der Waals surface area contributed by atoms with Crippen molar-refractivity contribution >= 4 is 11.5 Å². The molecule has 0 aliphatic carbocycles. The molecule has 92 valence electrons. The van der Waals surface area contributed by atoms with Crippen molar-refractivity contribution in [2.24, 2.45) is 0 Å². The number of carbonyl (C=O) groups is 1. The van der Waals surface area contributed by atoms with Gasteiger partial charge in [-0.15, -0.1) is 0 Å². The van der Waals surface area contributed by atoms with Gasteiger partial charge in [0.05, 0.1) is 18.6 Å². The highest BCUT2D eigenvalue weighted by Crippen LogP contribution is 2.38. The molecule has 0 amide bonds. The predicted molar refractivity (Wildman–Crippen MR) is 60.8 cm³/mol. The molecule has 17 heavy (non-hydrogen) atoms. The monoisotopic (exact) mass is 239 g/mol. The van der Waals surface area contributed by atoms with Crippen LogP contribution in [0.15, 0.2) is 12.1 Å². The van der Waals surface area contributed by atoms with Gasteiger partial charge in [0.15, 0.2) is 11.5 Å². The van der Waals surface area contributed by atoms with Gasteiger partial charge >= 0.3 is 5.69 Å². The quantitative estimate of drug-likeness (QED) is 0.447. The van der Waals surface area contributed by atoms with E-state index in [-0.39, 0.29) is 35.1 Å². The van der Waals surface area contributed by atoms with Crippen LogP contribution in [0.1, 0.15) is 24.2 Å². The maximum Gasteiger partial charge on any atom is 0.315 e. The van der Waals surface area contributed by atoms with E-state index in [1.54, 1.807) is 6.92 Å². The summed E-state index contributed by atoms with van der Waals surface area (Å²) in [6.45, 7) is 3.32. The standard InChI is InChI=1S/C11H13NO5/c1-4-17-11-9(12(14)15)5-8(7(2)13)6-10(11)16-3/h5-6H,4H2,1-3H3. The zero-order valence-corrected chi connectivity index (χ0v) is 9.85. The second-order valence-electron chi connectivity index (χ2n) is 3.27. The first-order chi connectivity index (χ1) is 8.01. The average molecular weight is 239 g/mol. The number of ketones is 1. The minimum absolute atomic E-state index is 0.0463. The molecule has 0 aliphatic rings. The molecule has 1 aromatic carbocycles. The van der Waals surface area contributed by atoms with Gasteiger partial charge < -0.3 is 9.47 Å². The molecule has 0 aromatic heterocycles. The Labute approximate surface area is 98.3 Å². The number of benzene rings is 1. The van der Waals surface area contributed by atoms with Gasteiger partial charge in [-0.05, 0) is 19.9 Å². The van der Waals surface area contributed by atoms with E-state index in [1.165, 1.54) is 26.2 Å². The van der Waals surface area contributed by atoms with Crippen LogP contribution < -0.4 is 9.47 Å². The van der Waals surface area contributed by atoms with Crippen LogP contribution in [0.3, 0.4) is 0 Å². The molecule has 0 heterocycles. The molecule has 0 fully saturated rings. The molecule has 0 unspecified atom stereocenters. The van der Waals surface area contributed by atoms with Crippen LogP contribution in [-0.4, -0.2) is 24.4 Å². The van der Waals surface area contributed by atoms with Crippen molar-refractivity contribution in [2.45, 2.75) is 13.8 Å². The Hall–Kier alpha value is -2.11. The third-order valence-electron chi connectivity index (χ3n) is 2.15. The van der Waals surface area contributed by atoms with Gasteiger partial charge in [0.25, 0.3) is 0 Å². The summed E-state index contributed by atoms with van der Waals surface area (Å²) in [5.74, 6) is -0.0364. The molecule has 0 N–H and O–H groups in total. The molecule has 0 atom stereocenters. The largest absolute Gasteiger partial charge is 0.493 e. The van der Waals surface area contributed by atoms with Crippen LogP contribution >= 0.6 is 0 Å². The zero-order chi connectivity index (χ0) is 13.0. The summed E-state index contributed by atoms with van der Waals surface area (Å²) in [7, 11) is 1.37. The van der Waals surface area contributed by atoms with Gasteiger partial charge in [0.1, 0.15) is 0 Å². The number of carbonyl (C=O) groups excluding carboxylic acids is 1. The summed E-state index contributed by atoms with van der Waals surface area (Å²) in [6, 6.07) is 2.62. The third-order valence-corrected chi connectivity index (χ3v) is 2.15. The molecule has 0 bridgehead atoms. The lowest BCUT2D eigenvalue weighted by atomic mass is 10.1. The maximum atomic E-state index is 11.2. The highest BCUT2D eigenvalue weighted by molar-refractivity contribution is 5.95. The fourth-order valence-corrected chi connectivity index (χ4v) is 1.37. The van der Waals surface area contributed by atoms with E-state index in [1.807, 2.05) is 0 Å². The second kappa shape index (κ2) is 5.29. The molecule has 1 rings (SSSR count). The first-order valence-corrected chi connectivity index (χ1v) is 5.01. The molecule has 0 spiro atoms. The van der Waals surface area contributed by atoms with Gasteiger partial charge in [0, 0.05) is 11.6 Å². The molecule has 6 nitrogen and oxygen atoms in total. The number of ether oxygens (including phenoxy) is 2. The molecule has 6 heteroatoms. The number of hydrogen-bond donors (Lipinski definition) is 0. The van der Waals surface area contributed by atoms with Gasteiger partial charge in [-0.25, -0.2) is 0 Å². The predicted octanol–water partition coefficient (Wildman–Crippen LogP) is 2.20. The molecule has 0 saturated heterocycles. The van der Waals surface area contributed by atoms with Gasteiger partial charge in [-0.3, -0.25) is 14.9 Å². The Kier molecular flexibility index (Phi) is 4.03. The first kappa shape index (κ1) is 13.0. The lowest BCUT2D eigenvalue weighted by Crippen LogP contribution is -2.03. The highest BCUT2D eigenvalue weighted by Gasteiger charge is 2.23. The second-order valence-corrected chi connectivity index (χ2v) is 3.27. The summed E-state index contributed by atoms with van der Waals surface area (Å²) in [6.07, 6.45) is 0. The molecule has 0 aliphatic heterocycles. The van der Waals surface area contributed by atoms with Crippen molar-refractivity contribution in [2.75, 3.05) is 13.7 Å². The number of Topliss-reactive ketones (excluding diaryl/α,β-unsaturated/α-hetero) is 1. The fraction of sp³-hybridized carbons (Fsp3) is 0.364. The highest BCUT2D eigenvalue weighted by atomic mass is 16.6. The number of hydrogen-bond acceptors (Lipinski definition) is 5. The Morgan fingerprint density at radius 3 is 2.53 bits per heavy atom. The topological polar surface area (TPSA) is 78.7 Å². The van der Waals surface area contributed by atoms with Crippen LogP contribution in [0.4, 0.5) is 5.69 Å². The number of rotatable bonds is 5. The normalized spacial score (nSPS) is 9.82. The van der Waals surface area contributed by atoms with E-state index in [9.17, 15) is 14.9 Å². The summed E-state index contributed by atoms with van der Waals surface area (Å²) in [5, 5.41) is 10.9. The van der Waals surface area contributed by atoms with E-state index in [2.05, 4.69) is 0 Å². The first-order valence-electron chi connectivity index (χ1n) is 5.01. The van der Waals surface area contributed by atoms with Crippen LogP contribution in [0, 0.1) is 10.1 Å². The summed E-state index contributed by atoms with van der Waals surface area (Å²) >= 11 is 0. The number of methoxy groups -OCH3 is 1. The smallest absolute Gasteiger partial charge is 0.315 e. The molecule has 1 aromatic rings. The Morgan fingerprint density at radius 2 is 2.12 bits per heavy atom. The number of nitrogens with zero attached hydrogens (tertiary/aromatic N) is 1. The minimum Gasteiger partial charge on any atom is -0.493 e. The van der Waals surface area contributed by atoms with Crippen LogP contribution in [0.25, 0.3) is 0 Å². The van der Waals surface area contributed by atoms with E-state index in [4.69, 9.17) is 9.47 Å². The van der Waals surface area contributed by atoms with Crippen LogP contribution in [0.2, 0.25) is 0 Å². The van der Waals surface area contributed by atoms with Crippen molar-refractivity contribution in [3.63, 3.8) is 0 Å². The van der Waals surface area contributed by atoms with Crippen molar-refractivity contribution in [1.29, 1.82) is 0 Å². The summed E-state index contributed by atoms with van der Waals surface area (Å²) < 4.78 is 10.2. The Morgan fingerprint density at radius 1 is 1.47 bits per heavy atom. The van der Waals surface area contributed by atoms with Crippen molar-refractivity contribution < 1.29 is 19.2 Å². The third kappa shape index (κ3) is 2.72. The average Bonchev–Trinajstić information content (AvgIpc) is 2.28. The lowest BCUT2D eigenvalue weighted by molar-refractivity contribution is -0.386. The van der Waals surface area contributed by atoms with Gasteiger partial charge in [0.2, 0.25) is 5.75 Å². The van der Waals surface area contributed by atoms with E-state index >= 15 is 0 Å². The molecule has 0 radical (unpaired) electrons. The van der Waals surface area contributed by atoms with Gasteiger partial charge in [-0.2, -0.15) is 0 Å². The SMILES string of the molecule is CCOc1c(OC)cc(C(C)=O)cc1[N+](=O)[O-]. The summed E-state index contributed by atoms with van der Waals surface area (Å²) in [5.41, 5.74) is -0.0478. The Balaban J connectivity index is 3.45. The van der Waals surface area contributed by atoms with Crippen LogP contribution in [0.5, 0.6) is 11.5 Å². The van der Waals surface area contributed by atoms with E-state index in [0.717, 1.165) is 0 Å². The minimum atomic E-state index is -0.597. The summed E-state index contributed by atoms with van der Waals surface area (Å²) in [4.78, 5) is 21.5. The Bertz CT molecular complexity index is 455. The maximum absolute atomic E-state index is 11.2. The van der Waals surface area contributed by atoms with Crippen molar-refractivity contribution in [1.82, 2.24) is 0 Å². The fourth-order valence-electron chi connectivity index (χ4n) is 1.37. The van der Waals surface area contributed by atoms with Crippen LogP contribution in [-0.2, 0) is 0 Å². The molecular weight excluding hydrogens is 226 g/mol. The molecule has 0 saturated carbocycles. The van der Waals surface area contributed by atoms with E-state index < -0.39 is 4.92 Å². The van der Waals surface area contributed by atoms with Crippen molar-refractivity contribution in [3.8, 4) is 11.5 Å². The number of nitro groups is 1. The number of nitro benzene ring substituents is 1. The van der Waals surface area contributed by atoms with E-state index in [0.29, 0.717) is 0 Å². The van der Waals surface area contributed by atoms with Crippen molar-refractivity contribution in [3.05, 3.63) is 27.8 Å².